The van der Waals surface area contributed by atoms with Gasteiger partial charge in [0.1, 0.15) is 5.69 Å². The van der Waals surface area contributed by atoms with Crippen molar-refractivity contribution in [3.8, 4) is 0 Å². The first-order chi connectivity index (χ1) is 13.8. The highest BCUT2D eigenvalue weighted by atomic mass is 32.2. The Labute approximate surface area is 168 Å². The maximum absolute atomic E-state index is 12.6. The number of halogens is 3. The molecule has 0 spiro atoms. The molecule has 2 amide bonds. The number of carbonyl (C=O) groups is 2. The molecule has 29 heavy (non-hydrogen) atoms. The van der Waals surface area contributed by atoms with Crippen LogP contribution in [0.5, 0.6) is 0 Å². The molecule has 0 radical (unpaired) electrons. The van der Waals surface area contributed by atoms with Gasteiger partial charge in [-0.3, -0.25) is 13.6 Å². The fourth-order valence-corrected chi connectivity index (χ4v) is 3.78. The fraction of sp³-hybridized carbons (Fsp3) is 0.100. The van der Waals surface area contributed by atoms with Crippen LogP contribution in [0, 0.1) is 0 Å². The number of benzene rings is 2. The summed E-state index contributed by atoms with van der Waals surface area (Å²) in [6.45, 7) is 0.0840. The van der Waals surface area contributed by atoms with Crippen molar-refractivity contribution in [2.75, 3.05) is 5.32 Å². The molecule has 148 valence electrons. The molecule has 0 fully saturated rings. The summed E-state index contributed by atoms with van der Waals surface area (Å²) < 4.78 is 39.6. The first-order valence-electron chi connectivity index (χ1n) is 8.57. The molecule has 0 saturated carbocycles. The highest BCUT2D eigenvalue weighted by molar-refractivity contribution is 7.98. The smallest absolute Gasteiger partial charge is 0.348 e. The normalized spacial score (nSPS) is 13.1. The third-order valence-corrected chi connectivity index (χ3v) is 5.43. The molecule has 5 nitrogen and oxygen atoms in total. The summed E-state index contributed by atoms with van der Waals surface area (Å²) in [5, 5.41) is 5.46. The molecule has 1 aliphatic rings. The second kappa shape index (κ2) is 7.32. The quantitative estimate of drug-likeness (QED) is 0.657. The van der Waals surface area contributed by atoms with E-state index in [1.165, 1.54) is 24.1 Å². The van der Waals surface area contributed by atoms with E-state index in [-0.39, 0.29) is 12.5 Å². The Bertz CT molecular complexity index is 1090. The SMILES string of the molecule is O=C(NCc1ccc(C(F)(F)F)cc1)c1ccc2c(c1)NC(=O)c1cccn1S2. The van der Waals surface area contributed by atoms with Gasteiger partial charge in [0, 0.05) is 18.3 Å². The van der Waals surface area contributed by atoms with E-state index in [1.54, 1.807) is 40.5 Å². The van der Waals surface area contributed by atoms with E-state index in [9.17, 15) is 22.8 Å². The Morgan fingerprint density at radius 2 is 1.86 bits per heavy atom. The van der Waals surface area contributed by atoms with Gasteiger partial charge >= 0.3 is 6.18 Å². The summed E-state index contributed by atoms with van der Waals surface area (Å²) in [6.07, 6.45) is -2.62. The number of hydrogen-bond donors (Lipinski definition) is 2. The predicted octanol–water partition coefficient (Wildman–Crippen LogP) is 4.56. The Hall–Kier alpha value is -3.20. The Morgan fingerprint density at radius 3 is 2.59 bits per heavy atom. The average Bonchev–Trinajstić information content (AvgIpc) is 3.10. The number of aromatic nitrogens is 1. The lowest BCUT2D eigenvalue weighted by atomic mass is 10.1. The van der Waals surface area contributed by atoms with Crippen LogP contribution in [0.2, 0.25) is 0 Å². The largest absolute Gasteiger partial charge is 0.416 e. The lowest BCUT2D eigenvalue weighted by Gasteiger charge is -2.10. The molecule has 3 aromatic rings. The maximum atomic E-state index is 12.6. The van der Waals surface area contributed by atoms with Crippen LogP contribution in [0.3, 0.4) is 0 Å². The summed E-state index contributed by atoms with van der Waals surface area (Å²) in [4.78, 5) is 25.5. The van der Waals surface area contributed by atoms with Crippen LogP contribution in [-0.2, 0) is 12.7 Å². The topological polar surface area (TPSA) is 63.1 Å². The van der Waals surface area contributed by atoms with E-state index in [4.69, 9.17) is 0 Å². The molecule has 0 bridgehead atoms. The number of fused-ring (bicyclic) bond motifs is 2. The van der Waals surface area contributed by atoms with Gasteiger partial charge in [-0.1, -0.05) is 12.1 Å². The average molecular weight is 417 g/mol. The second-order valence-electron chi connectivity index (χ2n) is 6.35. The van der Waals surface area contributed by atoms with E-state index in [1.807, 2.05) is 0 Å². The third-order valence-electron chi connectivity index (χ3n) is 4.37. The van der Waals surface area contributed by atoms with Gasteiger partial charge in [-0.15, -0.1) is 0 Å². The first-order valence-corrected chi connectivity index (χ1v) is 9.34. The molecule has 0 unspecified atom stereocenters. The fourth-order valence-electron chi connectivity index (χ4n) is 2.86. The van der Waals surface area contributed by atoms with Gasteiger partial charge in [0.05, 0.1) is 16.1 Å². The van der Waals surface area contributed by atoms with E-state index in [0.717, 1.165) is 17.0 Å². The number of hydrogen-bond acceptors (Lipinski definition) is 3. The van der Waals surface area contributed by atoms with Gasteiger partial charge in [0.15, 0.2) is 0 Å². The van der Waals surface area contributed by atoms with Gasteiger partial charge in [-0.25, -0.2) is 0 Å². The van der Waals surface area contributed by atoms with Crippen molar-refractivity contribution in [3.63, 3.8) is 0 Å². The lowest BCUT2D eigenvalue weighted by Crippen LogP contribution is -2.23. The van der Waals surface area contributed by atoms with Crippen molar-refractivity contribution in [1.82, 2.24) is 9.29 Å². The number of alkyl halides is 3. The van der Waals surface area contributed by atoms with Crippen LogP contribution < -0.4 is 10.6 Å². The van der Waals surface area contributed by atoms with Crippen LogP contribution in [0.1, 0.15) is 32.0 Å². The number of anilines is 1. The Kier molecular flexibility index (Phi) is 4.83. The lowest BCUT2D eigenvalue weighted by molar-refractivity contribution is -0.137. The van der Waals surface area contributed by atoms with Crippen LogP contribution in [-0.4, -0.2) is 15.8 Å². The second-order valence-corrected chi connectivity index (χ2v) is 7.37. The molecule has 4 rings (SSSR count). The van der Waals surface area contributed by atoms with Gasteiger partial charge in [0.2, 0.25) is 0 Å². The minimum Gasteiger partial charge on any atom is -0.348 e. The molecule has 2 N–H and O–H groups in total. The molecule has 0 atom stereocenters. The minimum atomic E-state index is -4.40. The van der Waals surface area contributed by atoms with Crippen molar-refractivity contribution in [2.24, 2.45) is 0 Å². The molecular formula is C20H14F3N3O2S. The molecule has 2 aromatic carbocycles. The summed E-state index contributed by atoms with van der Waals surface area (Å²) in [6, 6.07) is 13.0. The standard InChI is InChI=1S/C20H14F3N3O2S/c21-20(22,23)14-6-3-12(4-7-14)11-24-18(27)13-5-8-17-15(10-13)25-19(28)16-2-1-9-26(16)29-17/h1-10H,11H2,(H,24,27)(H,25,28). The third kappa shape index (κ3) is 4.00. The molecule has 9 heteroatoms. The van der Waals surface area contributed by atoms with Crippen LogP contribution in [0.25, 0.3) is 0 Å². The maximum Gasteiger partial charge on any atom is 0.416 e. The van der Waals surface area contributed by atoms with Gasteiger partial charge < -0.3 is 10.6 Å². The van der Waals surface area contributed by atoms with Gasteiger partial charge in [-0.2, -0.15) is 13.2 Å². The van der Waals surface area contributed by atoms with Crippen molar-refractivity contribution >= 4 is 29.4 Å². The van der Waals surface area contributed by atoms with Gasteiger partial charge in [0.25, 0.3) is 11.8 Å². The van der Waals surface area contributed by atoms with Crippen molar-refractivity contribution in [3.05, 3.63) is 83.2 Å². The van der Waals surface area contributed by atoms with Crippen molar-refractivity contribution in [1.29, 1.82) is 0 Å². The molecule has 0 saturated heterocycles. The monoisotopic (exact) mass is 417 g/mol. The Balaban J connectivity index is 1.46. The zero-order valence-electron chi connectivity index (χ0n) is 14.8. The summed E-state index contributed by atoms with van der Waals surface area (Å²) >= 11 is 1.36. The number of nitrogens with zero attached hydrogens (tertiary/aromatic N) is 1. The minimum absolute atomic E-state index is 0.0840. The number of nitrogens with one attached hydrogen (secondary N) is 2. The zero-order chi connectivity index (χ0) is 20.6. The Morgan fingerprint density at radius 1 is 1.10 bits per heavy atom. The summed E-state index contributed by atoms with van der Waals surface area (Å²) in [5.41, 5.74) is 1.16. The number of rotatable bonds is 3. The van der Waals surface area contributed by atoms with Crippen molar-refractivity contribution < 1.29 is 22.8 Å². The molecular weight excluding hydrogens is 403 g/mol. The highest BCUT2D eigenvalue weighted by Gasteiger charge is 2.30. The number of carbonyl (C=O) groups excluding carboxylic acids is 2. The number of amides is 2. The van der Waals surface area contributed by atoms with Crippen LogP contribution in [0.15, 0.2) is 65.7 Å². The van der Waals surface area contributed by atoms with Crippen LogP contribution in [0.4, 0.5) is 18.9 Å². The van der Waals surface area contributed by atoms with Crippen molar-refractivity contribution in [2.45, 2.75) is 17.6 Å². The molecule has 1 aromatic heterocycles. The van der Waals surface area contributed by atoms with E-state index < -0.39 is 17.6 Å². The summed E-state index contributed by atoms with van der Waals surface area (Å²) in [7, 11) is 0. The van der Waals surface area contributed by atoms with E-state index >= 15 is 0 Å². The van der Waals surface area contributed by atoms with E-state index in [0.29, 0.717) is 22.5 Å². The summed E-state index contributed by atoms with van der Waals surface area (Å²) in [5.74, 6) is -0.667. The molecule has 2 heterocycles. The predicted molar refractivity (Wildman–Crippen MR) is 103 cm³/mol. The highest BCUT2D eigenvalue weighted by Crippen LogP contribution is 2.34. The molecule has 0 aliphatic carbocycles. The van der Waals surface area contributed by atoms with E-state index in [2.05, 4.69) is 10.6 Å². The molecule has 1 aliphatic heterocycles. The zero-order valence-corrected chi connectivity index (χ0v) is 15.6. The van der Waals surface area contributed by atoms with Crippen LogP contribution >= 0.6 is 11.9 Å². The first kappa shape index (κ1) is 19.1. The van der Waals surface area contributed by atoms with Gasteiger partial charge in [-0.05, 0) is 60.0 Å².